The third-order valence-electron chi connectivity index (χ3n) is 5.67. The highest BCUT2D eigenvalue weighted by atomic mass is 32.1. The molecule has 0 atom stereocenters. The van der Waals surface area contributed by atoms with Crippen LogP contribution >= 0.6 is 11.3 Å². The molecule has 0 aliphatic carbocycles. The summed E-state index contributed by atoms with van der Waals surface area (Å²) < 4.78 is 0. The minimum atomic E-state index is -0.798. The van der Waals surface area contributed by atoms with Crippen LogP contribution in [0.2, 0.25) is 0 Å². The Labute approximate surface area is 196 Å². The van der Waals surface area contributed by atoms with Gasteiger partial charge in [-0.2, -0.15) is 0 Å². The fourth-order valence-corrected chi connectivity index (χ4v) is 4.72. The maximum absolute atomic E-state index is 13.5. The summed E-state index contributed by atoms with van der Waals surface area (Å²) in [5, 5.41) is 16.4. The van der Waals surface area contributed by atoms with Crippen LogP contribution in [0.25, 0.3) is 11.3 Å². The summed E-state index contributed by atoms with van der Waals surface area (Å²) in [6, 6.07) is 26.4. The molecular weight excluding hydrogens is 434 g/mol. The van der Waals surface area contributed by atoms with E-state index in [1.54, 1.807) is 23.6 Å². The van der Waals surface area contributed by atoms with E-state index in [1.807, 2.05) is 74.5 Å². The van der Waals surface area contributed by atoms with Gasteiger partial charge in [-0.25, -0.2) is 4.98 Å². The summed E-state index contributed by atoms with van der Waals surface area (Å²) in [6.07, 6.45) is 0. The monoisotopic (exact) mass is 457 g/mol. The molecule has 0 saturated carbocycles. The summed E-state index contributed by atoms with van der Waals surface area (Å²) in [5.41, 5.74) is 2.15. The van der Waals surface area contributed by atoms with E-state index in [0.717, 1.165) is 11.1 Å². The van der Waals surface area contributed by atoms with Gasteiger partial charge in [0.25, 0.3) is 5.69 Å². The van der Waals surface area contributed by atoms with Crippen LogP contribution in [0, 0.1) is 15.5 Å². The number of nitrogens with one attached hydrogen (secondary N) is 1. The van der Waals surface area contributed by atoms with Crippen LogP contribution in [0.5, 0.6) is 0 Å². The standard InChI is InChI=1S/C26H23N3O3S/c1-26(2,23(18-11-5-3-6-12-18)19-13-7-4-8-14-19)24(30)28-25-27-21(17-33-25)20-15-9-10-16-22(20)29(31)32/h3-17,23H,1-2H3,(H,27,28,30). The van der Waals surface area contributed by atoms with Crippen molar-refractivity contribution in [1.29, 1.82) is 0 Å². The van der Waals surface area contributed by atoms with Gasteiger partial charge in [0.1, 0.15) is 0 Å². The Morgan fingerprint density at radius 3 is 2.06 bits per heavy atom. The van der Waals surface area contributed by atoms with Gasteiger partial charge in [0.15, 0.2) is 5.13 Å². The number of nitro groups is 1. The van der Waals surface area contributed by atoms with Crippen LogP contribution in [0.4, 0.5) is 10.8 Å². The fourth-order valence-electron chi connectivity index (χ4n) is 4.01. The van der Waals surface area contributed by atoms with E-state index < -0.39 is 10.3 Å². The Morgan fingerprint density at radius 1 is 0.939 bits per heavy atom. The lowest BCUT2D eigenvalue weighted by atomic mass is 9.70. The number of carbonyl (C=O) groups is 1. The number of anilines is 1. The Bertz CT molecular complexity index is 1230. The van der Waals surface area contributed by atoms with Gasteiger partial charge < -0.3 is 5.32 Å². The summed E-state index contributed by atoms with van der Waals surface area (Å²) >= 11 is 1.25. The average molecular weight is 458 g/mol. The molecule has 4 aromatic rings. The predicted molar refractivity (Wildman–Crippen MR) is 131 cm³/mol. The molecule has 0 saturated heterocycles. The van der Waals surface area contributed by atoms with Crippen LogP contribution in [0.15, 0.2) is 90.3 Å². The zero-order chi connectivity index (χ0) is 23.4. The Morgan fingerprint density at radius 2 is 1.48 bits per heavy atom. The Hall–Kier alpha value is -3.84. The molecular formula is C26H23N3O3S. The summed E-state index contributed by atoms with van der Waals surface area (Å²) in [4.78, 5) is 28.9. The van der Waals surface area contributed by atoms with Crippen molar-refractivity contribution in [2.45, 2.75) is 19.8 Å². The molecule has 4 rings (SSSR count). The first-order valence-electron chi connectivity index (χ1n) is 10.5. The molecule has 1 aromatic heterocycles. The molecule has 0 radical (unpaired) electrons. The van der Waals surface area contributed by atoms with Gasteiger partial charge in [0, 0.05) is 17.4 Å². The van der Waals surface area contributed by atoms with Gasteiger partial charge in [-0.15, -0.1) is 11.3 Å². The number of hydrogen-bond donors (Lipinski definition) is 1. The van der Waals surface area contributed by atoms with Crippen molar-refractivity contribution in [3.05, 3.63) is 112 Å². The molecule has 0 spiro atoms. The van der Waals surface area contributed by atoms with Crippen molar-refractivity contribution in [2.24, 2.45) is 5.41 Å². The van der Waals surface area contributed by atoms with Crippen LogP contribution in [0.1, 0.15) is 30.9 Å². The van der Waals surface area contributed by atoms with Gasteiger partial charge in [-0.05, 0) is 17.2 Å². The van der Waals surface area contributed by atoms with E-state index in [2.05, 4.69) is 10.3 Å². The summed E-state index contributed by atoms with van der Waals surface area (Å²) in [5.74, 6) is -0.349. The summed E-state index contributed by atoms with van der Waals surface area (Å²) in [6.45, 7) is 3.84. The number of para-hydroxylation sites is 1. The highest BCUT2D eigenvalue weighted by Gasteiger charge is 2.39. The lowest BCUT2D eigenvalue weighted by Gasteiger charge is -2.33. The zero-order valence-electron chi connectivity index (χ0n) is 18.3. The van der Waals surface area contributed by atoms with Crippen LogP contribution in [0.3, 0.4) is 0 Å². The number of carbonyl (C=O) groups excluding carboxylic acids is 1. The fraction of sp³-hybridized carbons (Fsp3) is 0.154. The number of thiazole rings is 1. The average Bonchev–Trinajstić information content (AvgIpc) is 3.29. The van der Waals surface area contributed by atoms with Crippen LogP contribution < -0.4 is 5.32 Å². The van der Waals surface area contributed by atoms with E-state index >= 15 is 0 Å². The van der Waals surface area contributed by atoms with Crippen LogP contribution in [-0.2, 0) is 4.79 Å². The SMILES string of the molecule is CC(C)(C(=O)Nc1nc(-c2ccccc2[N+](=O)[O-])cs1)C(c1ccccc1)c1ccccc1. The Kier molecular flexibility index (Phi) is 6.33. The van der Waals surface area contributed by atoms with Crippen molar-refractivity contribution in [1.82, 2.24) is 4.98 Å². The molecule has 0 fully saturated rings. The van der Waals surface area contributed by atoms with Gasteiger partial charge in [-0.3, -0.25) is 14.9 Å². The molecule has 1 N–H and O–H groups in total. The van der Waals surface area contributed by atoms with E-state index in [9.17, 15) is 14.9 Å². The number of hydrogen-bond acceptors (Lipinski definition) is 5. The van der Waals surface area contributed by atoms with Crippen molar-refractivity contribution in [2.75, 3.05) is 5.32 Å². The van der Waals surface area contributed by atoms with Gasteiger partial charge in [-0.1, -0.05) is 86.6 Å². The quantitative estimate of drug-likeness (QED) is 0.253. The number of aromatic nitrogens is 1. The predicted octanol–water partition coefficient (Wildman–Crippen LogP) is 6.52. The molecule has 3 aromatic carbocycles. The second-order valence-corrected chi connectivity index (χ2v) is 9.10. The molecule has 7 heteroatoms. The highest BCUT2D eigenvalue weighted by molar-refractivity contribution is 7.14. The molecule has 166 valence electrons. The third kappa shape index (κ3) is 4.68. The molecule has 0 bridgehead atoms. The number of amides is 1. The van der Waals surface area contributed by atoms with Crippen molar-refractivity contribution in [3.63, 3.8) is 0 Å². The van der Waals surface area contributed by atoms with E-state index in [0.29, 0.717) is 16.4 Å². The van der Waals surface area contributed by atoms with Crippen molar-refractivity contribution in [3.8, 4) is 11.3 Å². The number of nitrogens with zero attached hydrogens (tertiary/aromatic N) is 2. The Balaban J connectivity index is 1.63. The minimum absolute atomic E-state index is 0.0192. The molecule has 0 unspecified atom stereocenters. The lowest BCUT2D eigenvalue weighted by Crippen LogP contribution is -2.37. The molecule has 33 heavy (non-hydrogen) atoms. The molecule has 6 nitrogen and oxygen atoms in total. The molecule has 1 heterocycles. The number of nitro benzene ring substituents is 1. The van der Waals surface area contributed by atoms with Gasteiger partial charge in [0.05, 0.1) is 21.6 Å². The van der Waals surface area contributed by atoms with Crippen molar-refractivity contribution < 1.29 is 9.72 Å². The maximum atomic E-state index is 13.5. The first-order valence-corrected chi connectivity index (χ1v) is 11.4. The highest BCUT2D eigenvalue weighted by Crippen LogP contribution is 2.42. The van der Waals surface area contributed by atoms with Crippen LogP contribution in [-0.4, -0.2) is 15.8 Å². The second-order valence-electron chi connectivity index (χ2n) is 8.24. The lowest BCUT2D eigenvalue weighted by molar-refractivity contribution is -0.384. The molecule has 0 aliphatic heterocycles. The van der Waals surface area contributed by atoms with Gasteiger partial charge >= 0.3 is 0 Å². The molecule has 1 amide bonds. The smallest absolute Gasteiger partial charge is 0.278 e. The minimum Gasteiger partial charge on any atom is -0.301 e. The van der Waals surface area contributed by atoms with Crippen molar-refractivity contribution >= 4 is 28.1 Å². The normalized spacial score (nSPS) is 11.4. The third-order valence-corrected chi connectivity index (χ3v) is 6.43. The zero-order valence-corrected chi connectivity index (χ0v) is 19.1. The largest absolute Gasteiger partial charge is 0.301 e. The van der Waals surface area contributed by atoms with Gasteiger partial charge in [0.2, 0.25) is 5.91 Å². The second kappa shape index (κ2) is 9.34. The van der Waals surface area contributed by atoms with E-state index in [4.69, 9.17) is 0 Å². The van der Waals surface area contributed by atoms with E-state index in [-0.39, 0.29) is 17.5 Å². The molecule has 0 aliphatic rings. The summed E-state index contributed by atoms with van der Waals surface area (Å²) in [7, 11) is 0. The maximum Gasteiger partial charge on any atom is 0.278 e. The van der Waals surface area contributed by atoms with E-state index in [1.165, 1.54) is 17.4 Å². The topological polar surface area (TPSA) is 85.1 Å². The first kappa shape index (κ1) is 22.4. The number of rotatable bonds is 7. The first-order chi connectivity index (χ1) is 15.9. The number of benzene rings is 3.